The molecular formula is C24H23N7O3. The van der Waals surface area contributed by atoms with Gasteiger partial charge in [0.25, 0.3) is 11.6 Å². The van der Waals surface area contributed by atoms with Crippen LogP contribution < -0.4 is 5.32 Å². The molecule has 1 fully saturated rings. The van der Waals surface area contributed by atoms with Gasteiger partial charge in [-0.3, -0.25) is 24.9 Å². The number of nitrogens with one attached hydrogen (secondary N) is 3. The lowest BCUT2D eigenvalue weighted by Crippen LogP contribution is -2.18. The number of nitro groups is 1. The van der Waals surface area contributed by atoms with E-state index in [0.717, 1.165) is 17.8 Å². The average Bonchev–Trinajstić information content (AvgIpc) is 3.62. The molecule has 0 unspecified atom stereocenters. The van der Waals surface area contributed by atoms with Gasteiger partial charge in [-0.2, -0.15) is 5.10 Å². The summed E-state index contributed by atoms with van der Waals surface area (Å²) in [4.78, 5) is 33.1. The molecule has 2 aromatic heterocycles. The van der Waals surface area contributed by atoms with E-state index in [2.05, 4.69) is 54.6 Å². The number of carbonyl (C=O) groups excluding carboxylic acids is 1. The Morgan fingerprint density at radius 3 is 2.50 bits per heavy atom. The second kappa shape index (κ2) is 9.28. The van der Waals surface area contributed by atoms with Crippen LogP contribution in [0.3, 0.4) is 0 Å². The first-order valence-corrected chi connectivity index (χ1v) is 11.0. The van der Waals surface area contributed by atoms with Gasteiger partial charge < -0.3 is 10.3 Å². The van der Waals surface area contributed by atoms with Crippen molar-refractivity contribution in [2.75, 3.05) is 18.4 Å². The maximum absolute atomic E-state index is 12.6. The van der Waals surface area contributed by atoms with Crippen LogP contribution in [0.15, 0.2) is 60.9 Å². The van der Waals surface area contributed by atoms with Crippen LogP contribution in [-0.2, 0) is 6.54 Å². The molecule has 4 aromatic rings. The minimum atomic E-state index is -0.508. The quantitative estimate of drug-likeness (QED) is 0.281. The van der Waals surface area contributed by atoms with E-state index in [9.17, 15) is 14.9 Å². The predicted octanol–water partition coefficient (Wildman–Crippen LogP) is 4.22. The second-order valence-electron chi connectivity index (χ2n) is 8.24. The molecular weight excluding hydrogens is 434 g/mol. The van der Waals surface area contributed by atoms with Gasteiger partial charge in [0.2, 0.25) is 0 Å². The summed E-state index contributed by atoms with van der Waals surface area (Å²) >= 11 is 0. The Labute approximate surface area is 195 Å². The smallest absolute Gasteiger partial charge is 0.269 e. The summed E-state index contributed by atoms with van der Waals surface area (Å²) in [6.45, 7) is 3.30. The van der Waals surface area contributed by atoms with Crippen LogP contribution in [0.2, 0.25) is 0 Å². The van der Waals surface area contributed by atoms with Crippen molar-refractivity contribution in [3.8, 4) is 22.8 Å². The third kappa shape index (κ3) is 4.57. The third-order valence-corrected chi connectivity index (χ3v) is 5.91. The molecule has 1 amide bonds. The molecule has 3 N–H and O–H groups in total. The highest BCUT2D eigenvalue weighted by Gasteiger charge is 2.17. The normalized spacial score (nSPS) is 13.8. The number of hydrogen-bond donors (Lipinski definition) is 3. The van der Waals surface area contributed by atoms with Crippen molar-refractivity contribution < 1.29 is 9.72 Å². The zero-order chi connectivity index (χ0) is 23.5. The van der Waals surface area contributed by atoms with Crippen molar-refractivity contribution in [3.63, 3.8) is 0 Å². The second-order valence-corrected chi connectivity index (χ2v) is 8.24. The molecule has 0 bridgehead atoms. The number of aromatic amines is 2. The van der Waals surface area contributed by atoms with Gasteiger partial charge in [0, 0.05) is 24.2 Å². The lowest BCUT2D eigenvalue weighted by Gasteiger charge is -2.14. The number of rotatable bonds is 7. The van der Waals surface area contributed by atoms with Crippen LogP contribution in [0, 0.1) is 10.1 Å². The zero-order valence-electron chi connectivity index (χ0n) is 18.3. The maximum atomic E-state index is 12.6. The number of amides is 1. The molecule has 1 aliphatic heterocycles. The summed E-state index contributed by atoms with van der Waals surface area (Å²) in [7, 11) is 0. The summed E-state index contributed by atoms with van der Waals surface area (Å²) < 4.78 is 0. The van der Waals surface area contributed by atoms with Crippen LogP contribution >= 0.6 is 0 Å². The van der Waals surface area contributed by atoms with Gasteiger partial charge in [-0.15, -0.1) is 0 Å². The zero-order valence-corrected chi connectivity index (χ0v) is 18.3. The van der Waals surface area contributed by atoms with Crippen molar-refractivity contribution in [1.29, 1.82) is 0 Å². The van der Waals surface area contributed by atoms with Gasteiger partial charge >= 0.3 is 0 Å². The van der Waals surface area contributed by atoms with Crippen molar-refractivity contribution in [1.82, 2.24) is 25.1 Å². The minimum Gasteiger partial charge on any atom is -0.337 e. The number of aromatic nitrogens is 4. The molecule has 0 spiro atoms. The molecule has 0 radical (unpaired) electrons. The Morgan fingerprint density at radius 1 is 1.06 bits per heavy atom. The van der Waals surface area contributed by atoms with E-state index in [1.807, 2.05) is 0 Å². The largest absolute Gasteiger partial charge is 0.337 e. The molecule has 1 saturated heterocycles. The SMILES string of the molecule is O=C(Nc1cn[nH]c1-c1ncc(-c2ccc(CN3CCCC3)cc2)[nH]1)c1ccc([N+](=O)[O-])cc1. The highest BCUT2D eigenvalue weighted by molar-refractivity contribution is 6.05. The number of anilines is 1. The average molecular weight is 457 g/mol. The summed E-state index contributed by atoms with van der Waals surface area (Å²) in [6, 6.07) is 13.8. The Balaban J connectivity index is 1.29. The fourth-order valence-electron chi connectivity index (χ4n) is 4.07. The van der Waals surface area contributed by atoms with Crippen molar-refractivity contribution in [2.24, 2.45) is 0 Å². The molecule has 34 heavy (non-hydrogen) atoms. The number of imidazole rings is 1. The molecule has 0 saturated carbocycles. The first-order chi connectivity index (χ1) is 16.6. The number of non-ortho nitro benzene ring substituents is 1. The van der Waals surface area contributed by atoms with Crippen LogP contribution in [0.4, 0.5) is 11.4 Å². The van der Waals surface area contributed by atoms with E-state index >= 15 is 0 Å². The van der Waals surface area contributed by atoms with Gasteiger partial charge in [-0.1, -0.05) is 24.3 Å². The van der Waals surface area contributed by atoms with Crippen LogP contribution in [0.25, 0.3) is 22.8 Å². The molecule has 3 heterocycles. The molecule has 0 atom stereocenters. The monoisotopic (exact) mass is 457 g/mol. The fourth-order valence-corrected chi connectivity index (χ4v) is 4.07. The molecule has 10 heteroatoms. The van der Waals surface area contributed by atoms with E-state index in [1.54, 1.807) is 6.20 Å². The summed E-state index contributed by atoms with van der Waals surface area (Å²) in [5, 5.41) is 20.5. The van der Waals surface area contributed by atoms with E-state index in [4.69, 9.17) is 0 Å². The Kier molecular flexibility index (Phi) is 5.88. The standard InChI is InChI=1S/C24H23N7O3/c32-24(18-7-9-19(10-8-18)31(33)34)28-21-14-26-29-22(21)23-25-13-20(27-23)17-5-3-16(4-6-17)15-30-11-1-2-12-30/h3-10,13-14H,1-2,11-12,15H2,(H,25,27)(H,26,29)(H,28,32). The van der Waals surface area contributed by atoms with Crippen LogP contribution in [0.1, 0.15) is 28.8 Å². The van der Waals surface area contributed by atoms with Crippen molar-refractivity contribution in [3.05, 3.63) is 82.2 Å². The summed E-state index contributed by atoms with van der Waals surface area (Å²) in [6.07, 6.45) is 5.79. The van der Waals surface area contributed by atoms with Gasteiger partial charge in [0.1, 0.15) is 5.69 Å². The molecule has 172 valence electrons. The Morgan fingerprint density at radius 2 is 1.79 bits per heavy atom. The highest BCUT2D eigenvalue weighted by Crippen LogP contribution is 2.27. The first kappa shape index (κ1) is 21.5. The number of carbonyl (C=O) groups is 1. The fraction of sp³-hybridized carbons (Fsp3) is 0.208. The lowest BCUT2D eigenvalue weighted by atomic mass is 10.1. The Hall–Kier alpha value is -4.31. The van der Waals surface area contributed by atoms with Gasteiger partial charge in [0.05, 0.1) is 28.7 Å². The topological polar surface area (TPSA) is 133 Å². The van der Waals surface area contributed by atoms with Crippen LogP contribution in [0.5, 0.6) is 0 Å². The number of hydrogen-bond acceptors (Lipinski definition) is 6. The highest BCUT2D eigenvalue weighted by atomic mass is 16.6. The van der Waals surface area contributed by atoms with Gasteiger partial charge in [-0.25, -0.2) is 4.98 Å². The molecule has 10 nitrogen and oxygen atoms in total. The Bertz CT molecular complexity index is 1300. The first-order valence-electron chi connectivity index (χ1n) is 11.0. The number of H-pyrrole nitrogens is 2. The van der Waals surface area contributed by atoms with Crippen molar-refractivity contribution >= 4 is 17.3 Å². The van der Waals surface area contributed by atoms with E-state index in [0.29, 0.717) is 22.8 Å². The van der Waals surface area contributed by atoms with E-state index in [-0.39, 0.29) is 5.69 Å². The summed E-state index contributed by atoms with van der Waals surface area (Å²) in [5.74, 6) is 0.130. The molecule has 0 aliphatic carbocycles. The number of nitrogens with zero attached hydrogens (tertiary/aromatic N) is 4. The van der Waals surface area contributed by atoms with Gasteiger partial charge in [-0.05, 0) is 49.2 Å². The molecule has 1 aliphatic rings. The maximum Gasteiger partial charge on any atom is 0.269 e. The number of nitro benzene ring substituents is 1. The minimum absolute atomic E-state index is 0.0762. The van der Waals surface area contributed by atoms with Gasteiger partial charge in [0.15, 0.2) is 5.82 Å². The lowest BCUT2D eigenvalue weighted by molar-refractivity contribution is -0.384. The molecule has 2 aromatic carbocycles. The van der Waals surface area contributed by atoms with Crippen molar-refractivity contribution in [2.45, 2.75) is 19.4 Å². The van der Waals surface area contributed by atoms with Crippen LogP contribution in [-0.4, -0.2) is 49.0 Å². The predicted molar refractivity (Wildman–Crippen MR) is 127 cm³/mol. The third-order valence-electron chi connectivity index (χ3n) is 5.91. The number of benzene rings is 2. The molecule has 5 rings (SSSR count). The van der Waals surface area contributed by atoms with E-state index < -0.39 is 10.8 Å². The number of likely N-dealkylation sites (tertiary alicyclic amines) is 1. The summed E-state index contributed by atoms with van der Waals surface area (Å²) in [5.41, 5.74) is 4.36. The van der Waals surface area contributed by atoms with E-state index in [1.165, 1.54) is 62.0 Å².